The Morgan fingerprint density at radius 1 is 1.62 bits per heavy atom. The van der Waals surface area contributed by atoms with Crippen LogP contribution in [0.2, 0.25) is 0 Å². The molecule has 1 amide bonds. The lowest BCUT2D eigenvalue weighted by molar-refractivity contribution is -0.130. The molecule has 0 saturated carbocycles. The predicted octanol–water partition coefficient (Wildman–Crippen LogP) is 2.05. The van der Waals surface area contributed by atoms with Gasteiger partial charge in [0, 0.05) is 11.4 Å². The zero-order valence-corrected chi connectivity index (χ0v) is 11.0. The van der Waals surface area contributed by atoms with Gasteiger partial charge in [0.1, 0.15) is 0 Å². The van der Waals surface area contributed by atoms with Crippen LogP contribution < -0.4 is 11.1 Å². The molecule has 1 aromatic heterocycles. The molecule has 1 heterocycles. The van der Waals surface area contributed by atoms with Crippen molar-refractivity contribution in [1.82, 2.24) is 5.32 Å². The second kappa shape index (κ2) is 5.46. The molecule has 1 aromatic rings. The van der Waals surface area contributed by atoms with Crippen LogP contribution in [0.3, 0.4) is 0 Å². The van der Waals surface area contributed by atoms with Crippen molar-refractivity contribution < 1.29 is 4.79 Å². The topological polar surface area (TPSA) is 55.1 Å². The third kappa shape index (κ3) is 2.83. The van der Waals surface area contributed by atoms with Crippen molar-refractivity contribution in [3.05, 3.63) is 21.9 Å². The number of nitrogens with two attached hydrogens (primary N) is 1. The van der Waals surface area contributed by atoms with Gasteiger partial charge in [0.2, 0.25) is 5.91 Å². The molecule has 0 bridgehead atoms. The van der Waals surface area contributed by atoms with Crippen molar-refractivity contribution in [3.63, 3.8) is 0 Å². The Morgan fingerprint density at radius 3 is 2.75 bits per heavy atom. The summed E-state index contributed by atoms with van der Waals surface area (Å²) in [4.78, 5) is 13.2. The third-order valence-electron chi connectivity index (χ3n) is 3.16. The molecule has 16 heavy (non-hydrogen) atoms. The first-order chi connectivity index (χ1) is 7.53. The van der Waals surface area contributed by atoms with Crippen LogP contribution in [-0.4, -0.2) is 12.5 Å². The molecular formula is C12H20N2OS. The van der Waals surface area contributed by atoms with E-state index in [4.69, 9.17) is 5.73 Å². The first-order valence-electron chi connectivity index (χ1n) is 5.55. The Hall–Kier alpha value is -0.870. The van der Waals surface area contributed by atoms with Crippen molar-refractivity contribution in [3.8, 4) is 0 Å². The summed E-state index contributed by atoms with van der Waals surface area (Å²) in [6.45, 7) is 6.95. The van der Waals surface area contributed by atoms with E-state index in [0.717, 1.165) is 6.42 Å². The van der Waals surface area contributed by atoms with Crippen molar-refractivity contribution >= 4 is 17.2 Å². The molecule has 3 nitrogen and oxygen atoms in total. The highest BCUT2D eigenvalue weighted by Crippen LogP contribution is 2.20. The van der Waals surface area contributed by atoms with E-state index in [2.05, 4.69) is 18.3 Å². The minimum Gasteiger partial charge on any atom is -0.351 e. The van der Waals surface area contributed by atoms with Gasteiger partial charge in [-0.2, -0.15) is 0 Å². The molecule has 4 heteroatoms. The van der Waals surface area contributed by atoms with E-state index < -0.39 is 5.41 Å². The number of amides is 1. The molecule has 3 N–H and O–H groups in total. The molecule has 0 aliphatic rings. The van der Waals surface area contributed by atoms with E-state index in [1.165, 1.54) is 10.4 Å². The van der Waals surface area contributed by atoms with Gasteiger partial charge in [0.25, 0.3) is 0 Å². The lowest BCUT2D eigenvalue weighted by atomic mass is 9.87. The van der Waals surface area contributed by atoms with Gasteiger partial charge >= 0.3 is 0 Å². The number of carbonyl (C=O) groups excluding carboxylic acids is 1. The fourth-order valence-electron chi connectivity index (χ4n) is 1.36. The van der Waals surface area contributed by atoms with E-state index in [9.17, 15) is 4.79 Å². The molecule has 0 radical (unpaired) electrons. The average Bonchev–Trinajstić information content (AvgIpc) is 2.70. The fourth-order valence-corrected chi connectivity index (χ4v) is 2.20. The number of nitrogens with one attached hydrogen (secondary N) is 1. The molecule has 0 aliphatic carbocycles. The van der Waals surface area contributed by atoms with Crippen molar-refractivity contribution in [1.29, 1.82) is 0 Å². The zero-order valence-electron chi connectivity index (χ0n) is 10.2. The Morgan fingerprint density at radius 2 is 2.31 bits per heavy atom. The molecule has 90 valence electrons. The van der Waals surface area contributed by atoms with E-state index in [1.807, 2.05) is 19.2 Å². The summed E-state index contributed by atoms with van der Waals surface area (Å²) in [5.41, 5.74) is 6.43. The van der Waals surface area contributed by atoms with Crippen LogP contribution in [0, 0.1) is 12.3 Å². The predicted molar refractivity (Wildman–Crippen MR) is 68.4 cm³/mol. The molecule has 0 aliphatic heterocycles. The van der Waals surface area contributed by atoms with Crippen LogP contribution in [0.15, 0.2) is 11.4 Å². The molecule has 0 aromatic carbocycles. The van der Waals surface area contributed by atoms with E-state index >= 15 is 0 Å². The van der Waals surface area contributed by atoms with Gasteiger partial charge in [-0.05, 0) is 37.3 Å². The Bertz CT molecular complexity index is 356. The maximum Gasteiger partial charge on any atom is 0.227 e. The van der Waals surface area contributed by atoms with E-state index in [0.29, 0.717) is 13.1 Å². The van der Waals surface area contributed by atoms with Gasteiger partial charge in [0.05, 0.1) is 12.0 Å². The maximum absolute atomic E-state index is 11.9. The van der Waals surface area contributed by atoms with Crippen molar-refractivity contribution in [2.75, 3.05) is 6.54 Å². The monoisotopic (exact) mass is 240 g/mol. The van der Waals surface area contributed by atoms with Crippen molar-refractivity contribution in [2.24, 2.45) is 11.1 Å². The van der Waals surface area contributed by atoms with Crippen LogP contribution in [-0.2, 0) is 11.3 Å². The fraction of sp³-hybridized carbons (Fsp3) is 0.583. The maximum atomic E-state index is 11.9. The summed E-state index contributed by atoms with van der Waals surface area (Å²) in [5, 5.41) is 5.00. The summed E-state index contributed by atoms with van der Waals surface area (Å²) in [5.74, 6) is 0.0466. The summed E-state index contributed by atoms with van der Waals surface area (Å²) >= 11 is 1.67. The molecule has 0 spiro atoms. The summed E-state index contributed by atoms with van der Waals surface area (Å²) < 4.78 is 0. The van der Waals surface area contributed by atoms with Crippen LogP contribution in [0.5, 0.6) is 0 Å². The number of hydrogen-bond acceptors (Lipinski definition) is 3. The normalized spacial score (nSPS) is 14.5. The lowest BCUT2D eigenvalue weighted by Crippen LogP contribution is -2.43. The number of rotatable bonds is 5. The molecule has 0 saturated heterocycles. The highest BCUT2D eigenvalue weighted by Gasteiger charge is 2.29. The SMILES string of the molecule is CCC(C)(CN)C(=O)NCc1sccc1C. The van der Waals surface area contributed by atoms with E-state index in [-0.39, 0.29) is 5.91 Å². The second-order valence-electron chi connectivity index (χ2n) is 4.33. The molecule has 1 rings (SSSR count). The first-order valence-corrected chi connectivity index (χ1v) is 6.43. The lowest BCUT2D eigenvalue weighted by Gasteiger charge is -2.24. The summed E-state index contributed by atoms with van der Waals surface area (Å²) in [7, 11) is 0. The van der Waals surface area contributed by atoms with Crippen molar-refractivity contribution in [2.45, 2.75) is 33.7 Å². The summed E-state index contributed by atoms with van der Waals surface area (Å²) in [6.07, 6.45) is 0.763. The highest BCUT2D eigenvalue weighted by atomic mass is 32.1. The molecule has 1 unspecified atom stereocenters. The van der Waals surface area contributed by atoms with Crippen LogP contribution in [0.4, 0.5) is 0 Å². The number of carbonyl (C=O) groups is 1. The third-order valence-corrected chi connectivity index (χ3v) is 4.18. The number of aryl methyl sites for hydroxylation is 1. The molecule has 1 atom stereocenters. The Kier molecular flexibility index (Phi) is 4.50. The van der Waals surface area contributed by atoms with Crippen LogP contribution in [0.1, 0.15) is 30.7 Å². The van der Waals surface area contributed by atoms with Crippen LogP contribution >= 0.6 is 11.3 Å². The second-order valence-corrected chi connectivity index (χ2v) is 5.33. The minimum absolute atomic E-state index is 0.0466. The standard InChI is InChI=1S/C12H20N2OS/c1-4-12(3,8-13)11(15)14-7-10-9(2)5-6-16-10/h5-6H,4,7-8,13H2,1-3H3,(H,14,15). The summed E-state index contributed by atoms with van der Waals surface area (Å²) in [6, 6.07) is 2.06. The van der Waals surface area contributed by atoms with Gasteiger partial charge in [-0.3, -0.25) is 4.79 Å². The minimum atomic E-state index is -0.439. The molecule has 0 fully saturated rings. The highest BCUT2D eigenvalue weighted by molar-refractivity contribution is 7.10. The van der Waals surface area contributed by atoms with Gasteiger partial charge < -0.3 is 11.1 Å². The average molecular weight is 240 g/mol. The van der Waals surface area contributed by atoms with Gasteiger partial charge in [0.15, 0.2) is 0 Å². The first kappa shape index (κ1) is 13.2. The largest absolute Gasteiger partial charge is 0.351 e. The van der Waals surface area contributed by atoms with Gasteiger partial charge in [-0.15, -0.1) is 11.3 Å². The zero-order chi connectivity index (χ0) is 12.2. The van der Waals surface area contributed by atoms with Gasteiger partial charge in [-0.1, -0.05) is 6.92 Å². The molecular weight excluding hydrogens is 220 g/mol. The quantitative estimate of drug-likeness (QED) is 0.827. The van der Waals surface area contributed by atoms with Crippen LogP contribution in [0.25, 0.3) is 0 Å². The Labute approximate surface area is 101 Å². The van der Waals surface area contributed by atoms with E-state index in [1.54, 1.807) is 11.3 Å². The Balaban J connectivity index is 2.56. The number of thiophene rings is 1. The smallest absolute Gasteiger partial charge is 0.227 e. The van der Waals surface area contributed by atoms with Gasteiger partial charge in [-0.25, -0.2) is 0 Å². The number of hydrogen-bond donors (Lipinski definition) is 2.